The molecule has 9 aromatic carbocycles. The van der Waals surface area contributed by atoms with Gasteiger partial charge >= 0.3 is 0 Å². The monoisotopic (exact) mass is 902 g/mol. The summed E-state index contributed by atoms with van der Waals surface area (Å²) < 4.78 is 3.20. The molecule has 0 atom stereocenters. The summed E-state index contributed by atoms with van der Waals surface area (Å²) in [5, 5.41) is 104. The molecule has 0 unspecified atom stereocenters. The molecule has 0 radical (unpaired) electrons. The lowest BCUT2D eigenvalue weighted by Crippen LogP contribution is -2.08. The van der Waals surface area contributed by atoms with Crippen LogP contribution < -0.4 is 0 Å². The Balaban J connectivity index is 1.59. The predicted molar refractivity (Wildman–Crippen MR) is 267 cm³/mol. The molecule has 0 amide bonds. The topological polar surface area (TPSA) is 219 Å². The van der Waals surface area contributed by atoms with Crippen LogP contribution in [0.3, 0.4) is 0 Å². The second kappa shape index (κ2) is 16.1. The van der Waals surface area contributed by atoms with Crippen LogP contribution in [0.5, 0.6) is 0 Å². The summed E-state index contributed by atoms with van der Waals surface area (Å²) in [6, 6.07) is 59.6. The second-order valence-electron chi connectivity index (χ2n) is 16.3. The SMILES string of the molecule is N#Cc1cc(C#N)c(-c2c(-n3c4ccc5ccccc5c4c4c5ccccc5ccc43)c(-c3c(C#N)cc(C#N)cc3C#N)c3c(sc4ccccc43)c2-c2c(C#N)cc(C#N)cc2C#N)c(C#N)c1. The molecule has 0 saturated carbocycles. The zero-order valence-electron chi connectivity index (χ0n) is 36.1. The lowest BCUT2D eigenvalue weighted by atomic mass is 9.79. The van der Waals surface area contributed by atoms with Crippen LogP contribution in [-0.4, -0.2) is 4.57 Å². The molecule has 11 aromatic rings. The molecule has 0 bridgehead atoms. The Hall–Kier alpha value is -11.1. The molecule has 11 rings (SSSR count). The van der Waals surface area contributed by atoms with Gasteiger partial charge in [-0.3, -0.25) is 0 Å². The van der Waals surface area contributed by atoms with E-state index in [1.807, 2.05) is 102 Å². The maximum atomic E-state index is 11.3. The average molecular weight is 903 g/mol. The third kappa shape index (κ3) is 5.89. The van der Waals surface area contributed by atoms with Crippen molar-refractivity contribution in [2.45, 2.75) is 0 Å². The Morgan fingerprint density at radius 2 is 0.700 bits per heavy atom. The Labute approximate surface area is 402 Å². The van der Waals surface area contributed by atoms with Crippen molar-refractivity contribution < 1.29 is 0 Å². The van der Waals surface area contributed by atoms with E-state index >= 15 is 0 Å². The molecule has 2 aromatic heterocycles. The predicted octanol–water partition coefficient (Wildman–Crippen LogP) is 13.3. The lowest BCUT2D eigenvalue weighted by Gasteiger charge is -2.26. The second-order valence-corrected chi connectivity index (χ2v) is 17.4. The van der Waals surface area contributed by atoms with Crippen LogP contribution in [0.4, 0.5) is 0 Å². The minimum atomic E-state index is -0.0901. The van der Waals surface area contributed by atoms with Crippen LogP contribution in [0.25, 0.3) is 103 Å². The highest BCUT2D eigenvalue weighted by molar-refractivity contribution is 7.26. The highest BCUT2D eigenvalue weighted by Gasteiger charge is 2.35. The van der Waals surface area contributed by atoms with E-state index in [1.54, 1.807) is 0 Å². The van der Waals surface area contributed by atoms with E-state index in [9.17, 15) is 47.4 Å². The van der Waals surface area contributed by atoms with Crippen molar-refractivity contribution >= 4 is 74.9 Å². The van der Waals surface area contributed by atoms with Gasteiger partial charge in [0.05, 0.1) is 121 Å². The van der Waals surface area contributed by atoms with Gasteiger partial charge in [0.25, 0.3) is 0 Å². The summed E-state index contributed by atoms with van der Waals surface area (Å²) in [4.78, 5) is 0. The summed E-state index contributed by atoms with van der Waals surface area (Å²) in [5.41, 5.74) is 2.46. The van der Waals surface area contributed by atoms with Crippen molar-refractivity contribution in [3.8, 4) is 93.7 Å². The molecule has 0 aliphatic heterocycles. The van der Waals surface area contributed by atoms with Crippen LogP contribution in [-0.2, 0) is 0 Å². The summed E-state index contributed by atoms with van der Waals surface area (Å²) >= 11 is 1.31. The minimum Gasteiger partial charge on any atom is -0.308 e. The first kappa shape index (κ1) is 41.6. The average Bonchev–Trinajstić information content (AvgIpc) is 3.97. The molecule has 0 saturated heterocycles. The fourth-order valence-corrected chi connectivity index (χ4v) is 11.4. The summed E-state index contributed by atoms with van der Waals surface area (Å²) in [5.74, 6) is 0. The van der Waals surface area contributed by atoms with Gasteiger partial charge in [0.2, 0.25) is 0 Å². The van der Waals surface area contributed by atoms with E-state index in [0.717, 1.165) is 37.0 Å². The van der Waals surface area contributed by atoms with Crippen molar-refractivity contribution in [3.05, 3.63) is 184 Å². The number of rotatable bonds is 4. The van der Waals surface area contributed by atoms with Crippen LogP contribution in [0, 0.1) is 102 Å². The quantitative estimate of drug-likeness (QED) is 0.164. The van der Waals surface area contributed by atoms with Gasteiger partial charge in [-0.25, -0.2) is 0 Å². The van der Waals surface area contributed by atoms with E-state index in [4.69, 9.17) is 0 Å². The van der Waals surface area contributed by atoms with Crippen LogP contribution >= 0.6 is 11.3 Å². The van der Waals surface area contributed by atoms with E-state index in [1.165, 1.54) is 47.7 Å². The maximum absolute atomic E-state index is 11.3. The number of fused-ring (bicyclic) bond motifs is 10. The molecule has 0 N–H and O–H groups in total. The fraction of sp³-hybridized carbons (Fsp3) is 0. The van der Waals surface area contributed by atoms with Gasteiger partial charge in [-0.05, 0) is 76.1 Å². The van der Waals surface area contributed by atoms with E-state index in [2.05, 4.69) is 54.6 Å². The van der Waals surface area contributed by atoms with Crippen LogP contribution in [0.1, 0.15) is 50.1 Å². The zero-order chi connectivity index (χ0) is 48.4. The van der Waals surface area contributed by atoms with Gasteiger partial charge < -0.3 is 4.57 Å². The third-order valence-electron chi connectivity index (χ3n) is 12.8. The van der Waals surface area contributed by atoms with Crippen molar-refractivity contribution in [2.75, 3.05) is 0 Å². The fourth-order valence-electron chi connectivity index (χ4n) is 10.1. The zero-order valence-corrected chi connectivity index (χ0v) is 36.9. The molecular weight excluding hydrogens is 881 g/mol. The number of aromatic nitrogens is 1. The van der Waals surface area contributed by atoms with Gasteiger partial charge in [0.15, 0.2) is 0 Å². The van der Waals surface area contributed by atoms with Gasteiger partial charge in [-0.15, -0.1) is 11.3 Å². The van der Waals surface area contributed by atoms with Crippen molar-refractivity contribution in [1.29, 1.82) is 47.4 Å². The summed E-state index contributed by atoms with van der Waals surface area (Å²) in [7, 11) is 0. The van der Waals surface area contributed by atoms with Gasteiger partial charge in [-0.2, -0.15) is 47.4 Å². The number of benzene rings is 9. The standard InChI is InChI=1S/C59H22N10S/c60-23-32-17-37(26-63)49(38(18-32)27-64)55-54-45-11-5-6-12-48(45)70-59(54)57(51-41(30-67)21-34(25-62)22-42(51)31-68)56(50-39(28-65)19-33(24-61)20-40(50)29-66)58(55)69-46-15-13-35-7-1-3-9-43(35)52(46)53-44-10-4-2-8-36(44)14-16-47(53)69/h1-22H. The molecule has 10 nitrogen and oxygen atoms in total. The number of nitriles is 9. The molecule has 314 valence electrons. The Morgan fingerprint density at radius 1 is 0.329 bits per heavy atom. The van der Waals surface area contributed by atoms with Gasteiger partial charge in [-0.1, -0.05) is 78.9 Å². The Morgan fingerprint density at radius 3 is 1.11 bits per heavy atom. The van der Waals surface area contributed by atoms with Gasteiger partial charge in [0, 0.05) is 64.3 Å². The number of nitrogens with zero attached hydrogens (tertiary/aromatic N) is 10. The third-order valence-corrected chi connectivity index (χ3v) is 14.0. The van der Waals surface area contributed by atoms with Crippen molar-refractivity contribution in [2.24, 2.45) is 0 Å². The van der Waals surface area contributed by atoms with E-state index in [-0.39, 0.29) is 83.6 Å². The van der Waals surface area contributed by atoms with Crippen molar-refractivity contribution in [1.82, 2.24) is 4.57 Å². The largest absolute Gasteiger partial charge is 0.308 e. The molecule has 0 fully saturated rings. The van der Waals surface area contributed by atoms with E-state index in [0.29, 0.717) is 32.1 Å². The molecule has 0 aliphatic rings. The lowest BCUT2D eigenvalue weighted by molar-refractivity contribution is 1.19. The van der Waals surface area contributed by atoms with Gasteiger partial charge in [0.1, 0.15) is 0 Å². The first-order valence-electron chi connectivity index (χ1n) is 21.4. The maximum Gasteiger partial charge on any atom is 0.0999 e. The van der Waals surface area contributed by atoms with Crippen molar-refractivity contribution in [3.63, 3.8) is 0 Å². The van der Waals surface area contributed by atoms with Crippen LogP contribution in [0.2, 0.25) is 0 Å². The number of thiophene rings is 1. The highest BCUT2D eigenvalue weighted by atomic mass is 32.1. The normalized spacial score (nSPS) is 10.7. The first-order chi connectivity index (χ1) is 34.3. The molecule has 0 spiro atoms. The molecular formula is C59H22N10S. The smallest absolute Gasteiger partial charge is 0.0999 e. The molecule has 2 heterocycles. The highest BCUT2D eigenvalue weighted by Crippen LogP contribution is 2.57. The molecule has 0 aliphatic carbocycles. The minimum absolute atomic E-state index is 0.0153. The Kier molecular flexibility index (Phi) is 9.58. The summed E-state index contributed by atoms with van der Waals surface area (Å²) in [6.45, 7) is 0. The number of hydrogen-bond donors (Lipinski definition) is 0. The summed E-state index contributed by atoms with van der Waals surface area (Å²) in [6.07, 6.45) is 0. The van der Waals surface area contributed by atoms with E-state index < -0.39 is 0 Å². The molecule has 11 heteroatoms. The first-order valence-corrected chi connectivity index (χ1v) is 22.2. The molecule has 70 heavy (non-hydrogen) atoms. The number of hydrogen-bond acceptors (Lipinski definition) is 10. The van der Waals surface area contributed by atoms with Crippen LogP contribution in [0.15, 0.2) is 133 Å². The Bertz CT molecular complexity index is 4460.